The fourth-order valence-corrected chi connectivity index (χ4v) is 3.31. The lowest BCUT2D eigenvalue weighted by atomic mass is 10.2. The number of carbonyl (C=O) groups excluding carboxylic acids is 2. The van der Waals surface area contributed by atoms with Crippen molar-refractivity contribution in [3.05, 3.63) is 82.6 Å². The molecule has 8 heteroatoms. The van der Waals surface area contributed by atoms with Gasteiger partial charge in [-0.2, -0.15) is 0 Å². The van der Waals surface area contributed by atoms with Crippen molar-refractivity contribution in [1.82, 2.24) is 10.3 Å². The number of hydrogen-bond donors (Lipinski definition) is 3. The molecule has 0 aliphatic carbocycles. The number of pyridine rings is 1. The highest BCUT2D eigenvalue weighted by Gasteiger charge is 2.16. The normalized spacial score (nSPS) is 11.3. The number of rotatable bonds is 7. The van der Waals surface area contributed by atoms with E-state index in [1.165, 1.54) is 0 Å². The van der Waals surface area contributed by atoms with Crippen LogP contribution in [0.15, 0.2) is 71.5 Å². The van der Waals surface area contributed by atoms with Gasteiger partial charge in [-0.15, -0.1) is 0 Å². The number of aryl methyl sites for hydroxylation is 1. The zero-order chi connectivity index (χ0) is 22.2. The maximum atomic E-state index is 12.5. The summed E-state index contributed by atoms with van der Waals surface area (Å²) < 4.78 is 6.55. The molecule has 0 radical (unpaired) electrons. The number of anilines is 2. The number of hydrogen-bond acceptors (Lipinski definition) is 4. The Balaban J connectivity index is 1.54. The van der Waals surface area contributed by atoms with E-state index in [1.54, 1.807) is 43.6 Å². The van der Waals surface area contributed by atoms with E-state index < -0.39 is 6.10 Å². The van der Waals surface area contributed by atoms with Gasteiger partial charge in [-0.1, -0.05) is 12.1 Å². The summed E-state index contributed by atoms with van der Waals surface area (Å²) in [4.78, 5) is 28.6. The number of nitrogens with one attached hydrogen (secondary N) is 3. The highest BCUT2D eigenvalue weighted by atomic mass is 79.9. The molecular formula is C23H23BrN4O3. The van der Waals surface area contributed by atoms with Gasteiger partial charge in [0.25, 0.3) is 5.91 Å². The summed E-state index contributed by atoms with van der Waals surface area (Å²) in [7, 11) is 0. The van der Waals surface area contributed by atoms with Crippen LogP contribution in [-0.4, -0.2) is 23.0 Å². The smallest absolute Gasteiger partial charge is 0.319 e. The first-order chi connectivity index (χ1) is 14.9. The summed E-state index contributed by atoms with van der Waals surface area (Å²) in [6.07, 6.45) is 2.63. The van der Waals surface area contributed by atoms with Gasteiger partial charge in [0.1, 0.15) is 5.75 Å². The minimum absolute atomic E-state index is 0.299. The molecule has 0 spiro atoms. The topological polar surface area (TPSA) is 92.4 Å². The highest BCUT2D eigenvalue weighted by Crippen LogP contribution is 2.27. The minimum atomic E-state index is -0.709. The third-order valence-corrected chi connectivity index (χ3v) is 4.97. The lowest BCUT2D eigenvalue weighted by molar-refractivity contribution is -0.122. The summed E-state index contributed by atoms with van der Waals surface area (Å²) in [6, 6.07) is 15.9. The molecular weight excluding hydrogens is 460 g/mol. The molecule has 0 fully saturated rings. The van der Waals surface area contributed by atoms with Gasteiger partial charge in [0.15, 0.2) is 6.10 Å². The van der Waals surface area contributed by atoms with E-state index in [1.807, 2.05) is 37.3 Å². The maximum Gasteiger partial charge on any atom is 0.319 e. The molecule has 0 bridgehead atoms. The monoisotopic (exact) mass is 482 g/mol. The van der Waals surface area contributed by atoms with Gasteiger partial charge < -0.3 is 20.7 Å². The van der Waals surface area contributed by atoms with Crippen LogP contribution >= 0.6 is 15.9 Å². The van der Waals surface area contributed by atoms with E-state index >= 15 is 0 Å². The lowest BCUT2D eigenvalue weighted by Gasteiger charge is -2.16. The maximum absolute atomic E-state index is 12.5. The summed E-state index contributed by atoms with van der Waals surface area (Å²) in [5.74, 6) is 0.293. The molecule has 3 N–H and O–H groups in total. The zero-order valence-corrected chi connectivity index (χ0v) is 18.8. The van der Waals surface area contributed by atoms with E-state index in [2.05, 4.69) is 36.9 Å². The van der Waals surface area contributed by atoms with Crippen LogP contribution in [0.2, 0.25) is 0 Å². The minimum Gasteiger partial charge on any atom is -0.480 e. The van der Waals surface area contributed by atoms with E-state index in [-0.39, 0.29) is 11.9 Å². The average Bonchev–Trinajstić information content (AvgIpc) is 2.75. The lowest BCUT2D eigenvalue weighted by Crippen LogP contribution is -2.30. The molecule has 2 aromatic carbocycles. The van der Waals surface area contributed by atoms with Crippen LogP contribution in [0, 0.1) is 6.92 Å². The predicted octanol–water partition coefficient (Wildman–Crippen LogP) is 4.88. The largest absolute Gasteiger partial charge is 0.480 e. The number of amides is 3. The summed E-state index contributed by atoms with van der Waals surface area (Å²) >= 11 is 3.45. The third kappa shape index (κ3) is 6.82. The van der Waals surface area contributed by atoms with Crippen molar-refractivity contribution in [2.45, 2.75) is 26.5 Å². The molecule has 7 nitrogen and oxygen atoms in total. The summed E-state index contributed by atoms with van der Waals surface area (Å²) in [5, 5.41) is 8.33. The number of urea groups is 1. The van der Waals surface area contributed by atoms with E-state index in [0.717, 1.165) is 15.6 Å². The van der Waals surface area contributed by atoms with Gasteiger partial charge in [-0.3, -0.25) is 9.78 Å². The number of carbonyl (C=O) groups is 2. The Labute approximate surface area is 189 Å². The molecule has 160 valence electrons. The van der Waals surface area contributed by atoms with Gasteiger partial charge in [0, 0.05) is 30.3 Å². The van der Waals surface area contributed by atoms with Crippen LogP contribution in [0.1, 0.15) is 18.1 Å². The van der Waals surface area contributed by atoms with Crippen molar-refractivity contribution in [2.24, 2.45) is 0 Å². The Bertz CT molecular complexity index is 1060. The second kappa shape index (κ2) is 10.6. The van der Waals surface area contributed by atoms with Crippen LogP contribution in [0.4, 0.5) is 16.2 Å². The number of ether oxygens (including phenoxy) is 1. The Morgan fingerprint density at radius 1 is 1.03 bits per heavy atom. The van der Waals surface area contributed by atoms with Crippen molar-refractivity contribution >= 4 is 39.2 Å². The van der Waals surface area contributed by atoms with Crippen LogP contribution in [-0.2, 0) is 11.3 Å². The molecule has 1 aromatic heterocycles. The van der Waals surface area contributed by atoms with E-state index in [4.69, 9.17) is 4.74 Å². The molecule has 3 aromatic rings. The Morgan fingerprint density at radius 2 is 1.74 bits per heavy atom. The molecule has 0 aliphatic rings. The Morgan fingerprint density at radius 3 is 2.45 bits per heavy atom. The van der Waals surface area contributed by atoms with Crippen molar-refractivity contribution in [3.8, 4) is 5.75 Å². The van der Waals surface area contributed by atoms with Crippen molar-refractivity contribution in [3.63, 3.8) is 0 Å². The van der Waals surface area contributed by atoms with Gasteiger partial charge in [0.05, 0.1) is 4.47 Å². The molecule has 3 rings (SSSR count). The first-order valence-corrected chi connectivity index (χ1v) is 10.5. The molecule has 0 aliphatic heterocycles. The Kier molecular flexibility index (Phi) is 7.61. The zero-order valence-electron chi connectivity index (χ0n) is 17.2. The molecule has 31 heavy (non-hydrogen) atoms. The van der Waals surface area contributed by atoms with E-state index in [9.17, 15) is 9.59 Å². The first-order valence-electron chi connectivity index (χ1n) is 9.68. The molecule has 0 saturated carbocycles. The molecule has 1 atom stereocenters. The second-order valence-electron chi connectivity index (χ2n) is 6.93. The van der Waals surface area contributed by atoms with Crippen molar-refractivity contribution in [1.29, 1.82) is 0 Å². The number of halogens is 1. The van der Waals surface area contributed by atoms with E-state index in [0.29, 0.717) is 23.7 Å². The van der Waals surface area contributed by atoms with Crippen LogP contribution in [0.25, 0.3) is 0 Å². The standard InChI is InChI=1S/C23H23BrN4O3/c1-15-6-7-21(20(24)12-15)31-16(2)22(29)27-18-4-3-5-19(13-18)28-23(30)26-14-17-8-10-25-11-9-17/h3-13,16H,14H2,1-2H3,(H,27,29)(H2,26,28,30). The van der Waals surface area contributed by atoms with Crippen molar-refractivity contribution < 1.29 is 14.3 Å². The van der Waals surface area contributed by atoms with Crippen LogP contribution < -0.4 is 20.7 Å². The second-order valence-corrected chi connectivity index (χ2v) is 7.78. The molecule has 0 saturated heterocycles. The van der Waals surface area contributed by atoms with Gasteiger partial charge in [-0.25, -0.2) is 4.79 Å². The quantitative estimate of drug-likeness (QED) is 0.447. The third-order valence-electron chi connectivity index (χ3n) is 4.35. The number of nitrogens with zero attached hydrogens (tertiary/aromatic N) is 1. The predicted molar refractivity (Wildman–Crippen MR) is 124 cm³/mol. The summed E-state index contributed by atoms with van der Waals surface area (Å²) in [5.41, 5.74) is 3.14. The highest BCUT2D eigenvalue weighted by molar-refractivity contribution is 9.10. The van der Waals surface area contributed by atoms with Crippen molar-refractivity contribution in [2.75, 3.05) is 10.6 Å². The fourth-order valence-electron chi connectivity index (χ4n) is 2.72. The average molecular weight is 483 g/mol. The molecule has 3 amide bonds. The fraction of sp³-hybridized carbons (Fsp3) is 0.174. The number of aromatic nitrogens is 1. The molecule has 1 heterocycles. The van der Waals surface area contributed by atoms with Gasteiger partial charge in [0.2, 0.25) is 0 Å². The first kappa shape index (κ1) is 22.3. The number of benzene rings is 2. The van der Waals surface area contributed by atoms with Gasteiger partial charge >= 0.3 is 6.03 Å². The van der Waals surface area contributed by atoms with Crippen LogP contribution in [0.5, 0.6) is 5.75 Å². The summed E-state index contributed by atoms with van der Waals surface area (Å²) in [6.45, 7) is 4.04. The van der Waals surface area contributed by atoms with Gasteiger partial charge in [-0.05, 0) is 83.4 Å². The SMILES string of the molecule is Cc1ccc(OC(C)C(=O)Nc2cccc(NC(=O)NCc3ccncc3)c2)c(Br)c1. The molecule has 1 unspecified atom stereocenters. The Hall–Kier alpha value is -3.39. The van der Waals surface area contributed by atoms with Crippen LogP contribution in [0.3, 0.4) is 0 Å².